The van der Waals surface area contributed by atoms with Crippen LogP contribution in [0, 0.1) is 0 Å². The fourth-order valence-corrected chi connectivity index (χ4v) is 2.79. The Morgan fingerprint density at radius 1 is 1.00 bits per heavy atom. The molecule has 0 aromatic heterocycles. The van der Waals surface area contributed by atoms with Crippen molar-refractivity contribution in [3.63, 3.8) is 0 Å². The van der Waals surface area contributed by atoms with Crippen LogP contribution in [0.1, 0.15) is 65.8 Å². The van der Waals surface area contributed by atoms with Crippen molar-refractivity contribution in [2.45, 2.75) is 39.5 Å². The van der Waals surface area contributed by atoms with Gasteiger partial charge in [-0.2, -0.15) is 0 Å². The second kappa shape index (κ2) is 10.6. The monoisotopic (exact) mass is 397 g/mol. The Bertz CT molecular complexity index is 832. The lowest BCUT2D eigenvalue weighted by Crippen LogP contribution is -2.34. The highest BCUT2D eigenvalue weighted by molar-refractivity contribution is 7.80. The molecule has 2 aromatic carbocycles. The molecule has 2 amide bonds. The number of unbranched alkanes of at least 4 members (excludes halogenated alkanes) is 1. The zero-order valence-electron chi connectivity index (χ0n) is 16.5. The van der Waals surface area contributed by atoms with Crippen molar-refractivity contribution < 1.29 is 9.59 Å². The van der Waals surface area contributed by atoms with Gasteiger partial charge in [-0.25, -0.2) is 0 Å². The summed E-state index contributed by atoms with van der Waals surface area (Å²) in [5, 5.41) is 8.68. The summed E-state index contributed by atoms with van der Waals surface area (Å²) in [4.78, 5) is 24.5. The van der Waals surface area contributed by atoms with Crippen LogP contribution in [0.5, 0.6) is 0 Å². The zero-order chi connectivity index (χ0) is 20.5. The van der Waals surface area contributed by atoms with Gasteiger partial charge < -0.3 is 10.6 Å². The highest BCUT2D eigenvalue weighted by Crippen LogP contribution is 2.15. The Hall–Kier alpha value is -2.73. The average molecular weight is 398 g/mol. The summed E-state index contributed by atoms with van der Waals surface area (Å²) < 4.78 is 0. The van der Waals surface area contributed by atoms with E-state index in [1.54, 1.807) is 36.4 Å². The summed E-state index contributed by atoms with van der Waals surface area (Å²) in [6.45, 7) is 6.93. The maximum atomic E-state index is 12.3. The Morgan fingerprint density at radius 2 is 1.71 bits per heavy atom. The molecule has 2 rings (SSSR count). The molecule has 28 heavy (non-hydrogen) atoms. The van der Waals surface area contributed by atoms with E-state index in [9.17, 15) is 9.59 Å². The number of nitrogens with one attached hydrogen (secondary N) is 3. The molecule has 0 radical (unpaired) electrons. The largest absolute Gasteiger partial charge is 0.352 e. The number of hydrogen-bond acceptors (Lipinski definition) is 3. The van der Waals surface area contributed by atoms with Gasteiger partial charge in [0, 0.05) is 23.4 Å². The van der Waals surface area contributed by atoms with Gasteiger partial charge in [-0.15, -0.1) is 0 Å². The molecular weight excluding hydrogens is 370 g/mol. The van der Waals surface area contributed by atoms with Crippen LogP contribution >= 0.6 is 12.2 Å². The maximum absolute atomic E-state index is 12.3. The molecule has 0 unspecified atom stereocenters. The van der Waals surface area contributed by atoms with Gasteiger partial charge in [0.2, 0.25) is 0 Å². The topological polar surface area (TPSA) is 70.2 Å². The second-order valence-electron chi connectivity index (χ2n) is 6.88. The summed E-state index contributed by atoms with van der Waals surface area (Å²) >= 11 is 5.23. The van der Waals surface area contributed by atoms with E-state index < -0.39 is 0 Å². The van der Waals surface area contributed by atoms with Crippen molar-refractivity contribution >= 4 is 34.8 Å². The lowest BCUT2D eigenvalue weighted by Gasteiger charge is -2.11. The lowest BCUT2D eigenvalue weighted by atomic mass is 10.0. The third-order valence-corrected chi connectivity index (χ3v) is 4.47. The predicted octanol–water partition coefficient (Wildman–Crippen LogP) is 4.47. The van der Waals surface area contributed by atoms with E-state index in [1.807, 2.05) is 12.1 Å². The van der Waals surface area contributed by atoms with E-state index in [-0.39, 0.29) is 16.9 Å². The number of rotatable bonds is 7. The van der Waals surface area contributed by atoms with Crippen molar-refractivity contribution in [1.82, 2.24) is 10.6 Å². The Kier molecular flexibility index (Phi) is 8.14. The van der Waals surface area contributed by atoms with Gasteiger partial charge in [-0.3, -0.25) is 14.9 Å². The quantitative estimate of drug-likeness (QED) is 0.476. The molecule has 0 aliphatic heterocycles. The molecule has 2 aromatic rings. The van der Waals surface area contributed by atoms with E-state index >= 15 is 0 Å². The van der Waals surface area contributed by atoms with Gasteiger partial charge in [-0.1, -0.05) is 45.4 Å². The highest BCUT2D eigenvalue weighted by Gasteiger charge is 2.10. The molecule has 5 nitrogen and oxygen atoms in total. The normalized spacial score (nSPS) is 10.4. The molecule has 3 N–H and O–H groups in total. The summed E-state index contributed by atoms with van der Waals surface area (Å²) in [6, 6.07) is 14.5. The van der Waals surface area contributed by atoms with Crippen LogP contribution in [0.4, 0.5) is 5.69 Å². The Morgan fingerprint density at radius 3 is 2.36 bits per heavy atom. The van der Waals surface area contributed by atoms with Crippen LogP contribution in [0.15, 0.2) is 48.5 Å². The molecule has 0 saturated heterocycles. The van der Waals surface area contributed by atoms with Gasteiger partial charge in [0.1, 0.15) is 0 Å². The SMILES string of the molecule is CCCCNC(=O)c1cccc(NC(=S)NC(=O)c2ccc(C(C)C)cc2)c1. The number of carbonyl (C=O) groups is 2. The average Bonchev–Trinajstić information content (AvgIpc) is 2.68. The van der Waals surface area contributed by atoms with Crippen LogP contribution in [0.25, 0.3) is 0 Å². The Balaban J connectivity index is 1.94. The molecule has 0 atom stereocenters. The molecule has 6 heteroatoms. The van der Waals surface area contributed by atoms with Crippen LogP contribution in [0.2, 0.25) is 0 Å². The smallest absolute Gasteiger partial charge is 0.257 e. The molecule has 0 fully saturated rings. The Labute approximate surface area is 171 Å². The van der Waals surface area contributed by atoms with Crippen molar-refractivity contribution in [1.29, 1.82) is 0 Å². The first-order chi connectivity index (χ1) is 13.4. The van der Waals surface area contributed by atoms with Crippen molar-refractivity contribution in [2.75, 3.05) is 11.9 Å². The van der Waals surface area contributed by atoms with Crippen molar-refractivity contribution in [2.24, 2.45) is 0 Å². The highest BCUT2D eigenvalue weighted by atomic mass is 32.1. The molecule has 0 saturated carbocycles. The van der Waals surface area contributed by atoms with Crippen molar-refractivity contribution in [3.8, 4) is 0 Å². The van der Waals surface area contributed by atoms with E-state index in [0.717, 1.165) is 12.8 Å². The van der Waals surface area contributed by atoms with Crippen LogP contribution in [-0.4, -0.2) is 23.5 Å². The molecule has 0 aliphatic carbocycles. The van der Waals surface area contributed by atoms with E-state index in [2.05, 4.69) is 36.7 Å². The standard InChI is InChI=1S/C22H27N3O2S/c1-4-5-13-23-20(26)18-7-6-8-19(14-18)24-22(28)25-21(27)17-11-9-16(10-12-17)15(2)3/h6-12,14-15H,4-5,13H2,1-3H3,(H,23,26)(H2,24,25,27,28). The number of anilines is 1. The second-order valence-corrected chi connectivity index (χ2v) is 7.28. The molecule has 0 spiro atoms. The summed E-state index contributed by atoms with van der Waals surface area (Å²) in [5.41, 5.74) is 2.90. The number of thiocarbonyl (C=S) groups is 1. The lowest BCUT2D eigenvalue weighted by molar-refractivity contribution is 0.0950. The number of carbonyl (C=O) groups excluding carboxylic acids is 2. The third kappa shape index (κ3) is 6.46. The maximum Gasteiger partial charge on any atom is 0.257 e. The van der Waals surface area contributed by atoms with Crippen LogP contribution < -0.4 is 16.0 Å². The molecule has 0 bridgehead atoms. The van der Waals surface area contributed by atoms with E-state index in [0.29, 0.717) is 29.3 Å². The van der Waals surface area contributed by atoms with Gasteiger partial charge in [0.15, 0.2) is 5.11 Å². The third-order valence-electron chi connectivity index (χ3n) is 4.27. The molecule has 0 heterocycles. The fraction of sp³-hybridized carbons (Fsp3) is 0.318. The first-order valence-corrected chi connectivity index (χ1v) is 9.92. The summed E-state index contributed by atoms with van der Waals surface area (Å²) in [7, 11) is 0. The fourth-order valence-electron chi connectivity index (χ4n) is 2.58. The van der Waals surface area contributed by atoms with Gasteiger partial charge >= 0.3 is 0 Å². The zero-order valence-corrected chi connectivity index (χ0v) is 17.4. The van der Waals surface area contributed by atoms with E-state index in [4.69, 9.17) is 12.2 Å². The molecular formula is C22H27N3O2S. The van der Waals surface area contributed by atoms with E-state index in [1.165, 1.54) is 5.56 Å². The molecule has 148 valence electrons. The number of benzene rings is 2. The minimum atomic E-state index is -0.277. The summed E-state index contributed by atoms with van der Waals surface area (Å²) in [6.07, 6.45) is 1.97. The van der Waals surface area contributed by atoms with Crippen LogP contribution in [-0.2, 0) is 0 Å². The van der Waals surface area contributed by atoms with Crippen LogP contribution in [0.3, 0.4) is 0 Å². The molecule has 0 aliphatic rings. The summed E-state index contributed by atoms with van der Waals surface area (Å²) in [5.74, 6) is 0.00451. The first-order valence-electron chi connectivity index (χ1n) is 9.51. The van der Waals surface area contributed by atoms with Crippen molar-refractivity contribution in [3.05, 3.63) is 65.2 Å². The number of hydrogen-bond donors (Lipinski definition) is 3. The van der Waals surface area contributed by atoms with Gasteiger partial charge in [0.05, 0.1) is 0 Å². The minimum Gasteiger partial charge on any atom is -0.352 e. The predicted molar refractivity (Wildman–Crippen MR) is 118 cm³/mol. The van der Waals surface area contributed by atoms with Gasteiger partial charge in [0.25, 0.3) is 11.8 Å². The van der Waals surface area contributed by atoms with Gasteiger partial charge in [-0.05, 0) is 60.5 Å². The minimum absolute atomic E-state index is 0.128. The number of amides is 2. The first kappa shape index (κ1) is 21.6.